The summed E-state index contributed by atoms with van der Waals surface area (Å²) < 4.78 is 17.3. The molecule has 0 radical (unpaired) electrons. The highest BCUT2D eigenvalue weighted by Crippen LogP contribution is 2.33. The van der Waals surface area contributed by atoms with Gasteiger partial charge in [0.05, 0.1) is 43.6 Å². The molecule has 122 valence electrons. The van der Waals surface area contributed by atoms with Gasteiger partial charge in [0.2, 0.25) is 0 Å². The fraction of sp³-hybridized carbons (Fsp3) is 0.500. The van der Waals surface area contributed by atoms with E-state index in [4.69, 9.17) is 13.9 Å². The van der Waals surface area contributed by atoms with Crippen LogP contribution in [0.25, 0.3) is 0 Å². The average Bonchev–Trinajstić information content (AvgIpc) is 3.24. The number of nitrogens with zero attached hydrogens (tertiary/aromatic N) is 2. The normalized spacial score (nSPS) is 27.9. The molecule has 2 fully saturated rings. The van der Waals surface area contributed by atoms with Crippen LogP contribution >= 0.6 is 0 Å². The van der Waals surface area contributed by atoms with Crippen LogP contribution in [-0.4, -0.2) is 41.3 Å². The lowest BCUT2D eigenvalue weighted by Crippen LogP contribution is -2.51. The summed E-state index contributed by atoms with van der Waals surface area (Å²) >= 11 is 0. The van der Waals surface area contributed by atoms with Crippen molar-refractivity contribution in [2.75, 3.05) is 13.2 Å². The van der Waals surface area contributed by atoms with Crippen molar-refractivity contribution in [2.24, 2.45) is 0 Å². The van der Waals surface area contributed by atoms with Crippen LogP contribution in [-0.2, 0) is 22.6 Å². The minimum absolute atomic E-state index is 0.161. The number of morpholine rings is 1. The van der Waals surface area contributed by atoms with Gasteiger partial charge in [0, 0.05) is 30.9 Å². The minimum atomic E-state index is 0.161. The molecule has 1 aliphatic carbocycles. The van der Waals surface area contributed by atoms with Crippen LogP contribution in [0.2, 0.25) is 0 Å². The third-order valence-electron chi connectivity index (χ3n) is 4.79. The molecule has 0 aromatic carbocycles. The van der Waals surface area contributed by atoms with Gasteiger partial charge in [-0.3, -0.25) is 9.88 Å². The SMILES string of the molecule is c1ccc(CO[C@@H]2CC[C@H]3[C@H]2OCCN3Cc2ccoc2)nc1. The van der Waals surface area contributed by atoms with E-state index in [1.165, 1.54) is 5.56 Å². The molecule has 1 saturated carbocycles. The zero-order chi connectivity index (χ0) is 15.5. The van der Waals surface area contributed by atoms with E-state index in [0.29, 0.717) is 12.6 Å². The monoisotopic (exact) mass is 314 g/mol. The van der Waals surface area contributed by atoms with E-state index in [2.05, 4.69) is 9.88 Å². The molecule has 3 atom stereocenters. The van der Waals surface area contributed by atoms with E-state index in [9.17, 15) is 0 Å². The van der Waals surface area contributed by atoms with Crippen molar-refractivity contribution in [3.8, 4) is 0 Å². The van der Waals surface area contributed by atoms with Crippen LogP contribution in [0, 0.1) is 0 Å². The molecule has 0 unspecified atom stereocenters. The number of pyridine rings is 1. The van der Waals surface area contributed by atoms with E-state index in [0.717, 1.165) is 38.2 Å². The Labute approximate surface area is 136 Å². The van der Waals surface area contributed by atoms with Crippen molar-refractivity contribution in [1.82, 2.24) is 9.88 Å². The van der Waals surface area contributed by atoms with Crippen molar-refractivity contribution in [2.45, 2.75) is 44.2 Å². The van der Waals surface area contributed by atoms with E-state index in [-0.39, 0.29) is 12.2 Å². The number of fused-ring (bicyclic) bond motifs is 1. The lowest BCUT2D eigenvalue weighted by atomic mass is 10.1. The fourth-order valence-electron chi connectivity index (χ4n) is 3.66. The summed E-state index contributed by atoms with van der Waals surface area (Å²) in [6.45, 7) is 3.22. The first kappa shape index (κ1) is 14.9. The maximum Gasteiger partial charge on any atom is 0.0992 e. The molecule has 0 amide bonds. The number of hydrogen-bond acceptors (Lipinski definition) is 5. The minimum Gasteiger partial charge on any atom is -0.472 e. The Hall–Kier alpha value is -1.69. The highest BCUT2D eigenvalue weighted by Gasteiger charge is 2.43. The number of aromatic nitrogens is 1. The second kappa shape index (κ2) is 6.83. The lowest BCUT2D eigenvalue weighted by molar-refractivity contribution is -0.119. The van der Waals surface area contributed by atoms with Crippen molar-refractivity contribution in [1.29, 1.82) is 0 Å². The Morgan fingerprint density at radius 2 is 2.26 bits per heavy atom. The van der Waals surface area contributed by atoms with Crippen LogP contribution in [0.1, 0.15) is 24.1 Å². The molecule has 2 aliphatic rings. The first-order valence-corrected chi connectivity index (χ1v) is 8.28. The lowest BCUT2D eigenvalue weighted by Gasteiger charge is -2.38. The average molecular weight is 314 g/mol. The van der Waals surface area contributed by atoms with Gasteiger partial charge in [0.1, 0.15) is 0 Å². The second-order valence-electron chi connectivity index (χ2n) is 6.25. The molecule has 5 heteroatoms. The Kier molecular flexibility index (Phi) is 4.41. The molecule has 0 spiro atoms. The highest BCUT2D eigenvalue weighted by molar-refractivity contribution is 5.07. The van der Waals surface area contributed by atoms with Crippen molar-refractivity contribution in [3.05, 3.63) is 54.2 Å². The summed E-state index contributed by atoms with van der Waals surface area (Å²) in [6, 6.07) is 8.39. The smallest absolute Gasteiger partial charge is 0.0992 e. The zero-order valence-electron chi connectivity index (χ0n) is 13.1. The molecule has 0 N–H and O–H groups in total. The highest BCUT2D eigenvalue weighted by atomic mass is 16.5. The van der Waals surface area contributed by atoms with Crippen LogP contribution < -0.4 is 0 Å². The van der Waals surface area contributed by atoms with E-state index in [1.807, 2.05) is 30.5 Å². The largest absolute Gasteiger partial charge is 0.472 e. The quantitative estimate of drug-likeness (QED) is 0.849. The van der Waals surface area contributed by atoms with Gasteiger partial charge in [0.25, 0.3) is 0 Å². The van der Waals surface area contributed by atoms with Crippen LogP contribution in [0.4, 0.5) is 0 Å². The van der Waals surface area contributed by atoms with Crippen molar-refractivity contribution >= 4 is 0 Å². The summed E-state index contributed by atoms with van der Waals surface area (Å²) in [6.07, 6.45) is 7.86. The zero-order valence-corrected chi connectivity index (χ0v) is 13.1. The number of rotatable bonds is 5. The first-order chi connectivity index (χ1) is 11.4. The second-order valence-corrected chi connectivity index (χ2v) is 6.25. The van der Waals surface area contributed by atoms with E-state index in [1.54, 1.807) is 12.5 Å². The van der Waals surface area contributed by atoms with Crippen LogP contribution in [0.15, 0.2) is 47.4 Å². The first-order valence-electron chi connectivity index (χ1n) is 8.28. The van der Waals surface area contributed by atoms with Crippen LogP contribution in [0.5, 0.6) is 0 Å². The third kappa shape index (κ3) is 3.32. The number of ether oxygens (including phenoxy) is 2. The van der Waals surface area contributed by atoms with Gasteiger partial charge in [-0.2, -0.15) is 0 Å². The van der Waals surface area contributed by atoms with Gasteiger partial charge in [-0.05, 0) is 31.0 Å². The summed E-state index contributed by atoms with van der Waals surface area (Å²) in [5.74, 6) is 0. The molecule has 0 bridgehead atoms. The molecular formula is C18H22N2O3. The number of furan rings is 1. The molecule has 23 heavy (non-hydrogen) atoms. The Morgan fingerprint density at radius 3 is 3.09 bits per heavy atom. The molecule has 1 aliphatic heterocycles. The van der Waals surface area contributed by atoms with E-state index >= 15 is 0 Å². The summed E-state index contributed by atoms with van der Waals surface area (Å²) in [7, 11) is 0. The maximum absolute atomic E-state index is 6.11. The van der Waals surface area contributed by atoms with E-state index < -0.39 is 0 Å². The summed E-state index contributed by atoms with van der Waals surface area (Å²) in [5.41, 5.74) is 2.20. The molecule has 2 aromatic heterocycles. The van der Waals surface area contributed by atoms with Gasteiger partial charge >= 0.3 is 0 Å². The van der Waals surface area contributed by atoms with Crippen LogP contribution in [0.3, 0.4) is 0 Å². The fourth-order valence-corrected chi connectivity index (χ4v) is 3.66. The predicted octanol–water partition coefficient (Wildman–Crippen LogP) is 2.62. The Bertz CT molecular complexity index is 602. The summed E-state index contributed by atoms with van der Waals surface area (Å²) in [4.78, 5) is 6.83. The standard InChI is InChI=1S/C18H22N2O3/c1-2-7-19-15(3-1)13-23-17-5-4-16-18(17)22-10-8-20(16)11-14-6-9-21-12-14/h1-3,6-7,9,12,16-18H,4-5,8,10-11,13H2/t16-,17+,18+/m0/s1. The molecule has 2 aromatic rings. The topological polar surface area (TPSA) is 47.7 Å². The molecule has 1 saturated heterocycles. The molecule has 4 rings (SSSR count). The maximum atomic E-state index is 6.11. The molecule has 5 nitrogen and oxygen atoms in total. The van der Waals surface area contributed by atoms with Gasteiger partial charge in [-0.15, -0.1) is 0 Å². The third-order valence-corrected chi connectivity index (χ3v) is 4.79. The van der Waals surface area contributed by atoms with Gasteiger partial charge in [0.15, 0.2) is 0 Å². The molecule has 3 heterocycles. The predicted molar refractivity (Wildman–Crippen MR) is 84.7 cm³/mol. The molecular weight excluding hydrogens is 292 g/mol. The van der Waals surface area contributed by atoms with Gasteiger partial charge < -0.3 is 13.9 Å². The number of hydrogen-bond donors (Lipinski definition) is 0. The van der Waals surface area contributed by atoms with Crippen molar-refractivity contribution in [3.63, 3.8) is 0 Å². The summed E-state index contributed by atoms with van der Waals surface area (Å²) in [5, 5.41) is 0. The Morgan fingerprint density at radius 1 is 1.26 bits per heavy atom. The van der Waals surface area contributed by atoms with Gasteiger partial charge in [-0.1, -0.05) is 6.07 Å². The van der Waals surface area contributed by atoms with Crippen molar-refractivity contribution < 1.29 is 13.9 Å². The van der Waals surface area contributed by atoms with Gasteiger partial charge in [-0.25, -0.2) is 0 Å². The Balaban J connectivity index is 1.37.